The van der Waals surface area contributed by atoms with Crippen LogP contribution in [-0.4, -0.2) is 23.0 Å². The van der Waals surface area contributed by atoms with Gasteiger partial charge in [-0.15, -0.1) is 0 Å². The first-order chi connectivity index (χ1) is 11.7. The number of piperidine rings is 1. The second-order valence-corrected chi connectivity index (χ2v) is 6.11. The lowest BCUT2D eigenvalue weighted by atomic mass is 10.1. The van der Waals surface area contributed by atoms with E-state index in [9.17, 15) is 10.1 Å². The molecule has 6 heteroatoms. The number of anilines is 2. The number of rotatable bonds is 5. The summed E-state index contributed by atoms with van der Waals surface area (Å²) < 4.78 is 0. The first-order valence-electron chi connectivity index (χ1n) is 8.33. The first kappa shape index (κ1) is 16.2. The number of benzene rings is 1. The molecule has 0 unspecified atom stereocenters. The molecule has 1 N–H and O–H groups in total. The van der Waals surface area contributed by atoms with Gasteiger partial charge in [-0.3, -0.25) is 10.1 Å². The van der Waals surface area contributed by atoms with Crippen molar-refractivity contribution in [3.8, 4) is 0 Å². The van der Waals surface area contributed by atoms with Crippen molar-refractivity contribution in [1.29, 1.82) is 0 Å². The summed E-state index contributed by atoms with van der Waals surface area (Å²) in [5.41, 5.74) is 3.01. The summed E-state index contributed by atoms with van der Waals surface area (Å²) in [7, 11) is 0. The van der Waals surface area contributed by atoms with Gasteiger partial charge in [0.25, 0.3) is 0 Å². The average molecular weight is 326 g/mol. The summed E-state index contributed by atoms with van der Waals surface area (Å²) in [6.07, 6.45) is 5.32. The molecule has 126 valence electrons. The molecule has 0 aliphatic carbocycles. The third-order valence-corrected chi connectivity index (χ3v) is 4.44. The number of nitrogens with zero attached hydrogens (tertiary/aromatic N) is 3. The highest BCUT2D eigenvalue weighted by Gasteiger charge is 2.19. The van der Waals surface area contributed by atoms with E-state index in [-0.39, 0.29) is 10.6 Å². The molecular formula is C18H22N4O2. The maximum Gasteiger partial charge on any atom is 0.314 e. The van der Waals surface area contributed by atoms with Crippen molar-refractivity contribution in [3.63, 3.8) is 0 Å². The van der Waals surface area contributed by atoms with Crippen LogP contribution in [-0.2, 0) is 6.54 Å². The van der Waals surface area contributed by atoms with Crippen molar-refractivity contribution >= 4 is 17.2 Å². The molecule has 1 aromatic carbocycles. The number of para-hydroxylation sites is 1. The maximum atomic E-state index is 11.3. The van der Waals surface area contributed by atoms with E-state index in [1.807, 2.05) is 12.1 Å². The molecule has 0 bridgehead atoms. The minimum Gasteiger partial charge on any atom is -0.371 e. The lowest BCUT2D eigenvalue weighted by Crippen LogP contribution is -2.30. The topological polar surface area (TPSA) is 71.3 Å². The first-order valence-corrected chi connectivity index (χ1v) is 8.33. The zero-order valence-electron chi connectivity index (χ0n) is 13.9. The highest BCUT2D eigenvalue weighted by atomic mass is 16.6. The summed E-state index contributed by atoms with van der Waals surface area (Å²) in [6.45, 7) is 4.39. The van der Waals surface area contributed by atoms with E-state index >= 15 is 0 Å². The Hall–Kier alpha value is -2.63. The molecule has 24 heavy (non-hydrogen) atoms. The molecule has 1 aliphatic heterocycles. The van der Waals surface area contributed by atoms with Crippen LogP contribution >= 0.6 is 0 Å². The van der Waals surface area contributed by atoms with Crippen LogP contribution in [0.15, 0.2) is 36.5 Å². The van der Waals surface area contributed by atoms with Crippen LogP contribution in [0.3, 0.4) is 0 Å². The van der Waals surface area contributed by atoms with Crippen LogP contribution in [0.4, 0.5) is 17.2 Å². The summed E-state index contributed by atoms with van der Waals surface area (Å²) >= 11 is 0. The SMILES string of the molecule is Cc1ccnc(NCc2ccccc2N2CCCCC2)c1[N+](=O)[O-]. The molecule has 1 aliphatic rings. The average Bonchev–Trinajstić information content (AvgIpc) is 2.60. The van der Waals surface area contributed by atoms with E-state index in [0.717, 1.165) is 18.7 Å². The quantitative estimate of drug-likeness (QED) is 0.666. The van der Waals surface area contributed by atoms with Gasteiger partial charge in [-0.25, -0.2) is 4.98 Å². The van der Waals surface area contributed by atoms with Crippen molar-refractivity contribution in [2.75, 3.05) is 23.3 Å². The van der Waals surface area contributed by atoms with Gasteiger partial charge in [-0.2, -0.15) is 0 Å². The number of nitro groups is 1. The van der Waals surface area contributed by atoms with Crippen molar-refractivity contribution in [3.05, 3.63) is 57.8 Å². The van der Waals surface area contributed by atoms with E-state index in [1.54, 1.807) is 19.2 Å². The van der Waals surface area contributed by atoms with E-state index in [2.05, 4.69) is 27.3 Å². The lowest BCUT2D eigenvalue weighted by Gasteiger charge is -2.30. The van der Waals surface area contributed by atoms with Crippen LogP contribution in [0.1, 0.15) is 30.4 Å². The van der Waals surface area contributed by atoms with Gasteiger partial charge in [-0.05, 0) is 43.9 Å². The highest BCUT2D eigenvalue weighted by Crippen LogP contribution is 2.28. The molecule has 1 fully saturated rings. The van der Waals surface area contributed by atoms with Gasteiger partial charge in [-0.1, -0.05) is 18.2 Å². The van der Waals surface area contributed by atoms with Crippen LogP contribution in [0.25, 0.3) is 0 Å². The summed E-state index contributed by atoms with van der Waals surface area (Å²) in [6, 6.07) is 9.90. The molecule has 0 radical (unpaired) electrons. The number of nitrogens with one attached hydrogen (secondary N) is 1. The Labute approximate surface area is 141 Å². The number of hydrogen-bond acceptors (Lipinski definition) is 5. The predicted molar refractivity (Wildman–Crippen MR) is 95.5 cm³/mol. The zero-order chi connectivity index (χ0) is 16.9. The molecule has 0 atom stereocenters. The monoisotopic (exact) mass is 326 g/mol. The second kappa shape index (κ2) is 7.29. The van der Waals surface area contributed by atoms with Crippen molar-refractivity contribution in [1.82, 2.24) is 4.98 Å². The number of aryl methyl sites for hydroxylation is 1. The lowest BCUT2D eigenvalue weighted by molar-refractivity contribution is -0.384. The Balaban J connectivity index is 1.81. The zero-order valence-corrected chi connectivity index (χ0v) is 13.9. The Morgan fingerprint density at radius 3 is 2.71 bits per heavy atom. The Morgan fingerprint density at radius 1 is 1.21 bits per heavy atom. The molecule has 0 spiro atoms. The predicted octanol–water partition coefficient (Wildman–Crippen LogP) is 3.90. The molecule has 0 saturated carbocycles. The third kappa shape index (κ3) is 3.48. The van der Waals surface area contributed by atoms with Gasteiger partial charge < -0.3 is 10.2 Å². The Bertz CT molecular complexity index is 727. The van der Waals surface area contributed by atoms with Crippen molar-refractivity contribution < 1.29 is 4.92 Å². The molecule has 3 rings (SSSR count). The molecule has 2 heterocycles. The van der Waals surface area contributed by atoms with Gasteiger partial charge in [0.15, 0.2) is 0 Å². The van der Waals surface area contributed by atoms with Gasteiger partial charge in [0.1, 0.15) is 0 Å². The maximum absolute atomic E-state index is 11.3. The summed E-state index contributed by atoms with van der Waals surface area (Å²) in [5.74, 6) is 0.327. The molecule has 2 aromatic rings. The second-order valence-electron chi connectivity index (χ2n) is 6.11. The Kier molecular flexibility index (Phi) is 4.93. The minimum atomic E-state index is -0.374. The van der Waals surface area contributed by atoms with Crippen molar-refractivity contribution in [2.45, 2.75) is 32.7 Å². The molecule has 6 nitrogen and oxygen atoms in total. The highest BCUT2D eigenvalue weighted by molar-refractivity contribution is 5.61. The normalized spacial score (nSPS) is 14.5. The number of hydrogen-bond donors (Lipinski definition) is 1. The fourth-order valence-electron chi connectivity index (χ4n) is 3.19. The van der Waals surface area contributed by atoms with Crippen LogP contribution in [0.5, 0.6) is 0 Å². The smallest absolute Gasteiger partial charge is 0.314 e. The Morgan fingerprint density at radius 2 is 1.96 bits per heavy atom. The minimum absolute atomic E-state index is 0.0490. The number of aromatic nitrogens is 1. The molecule has 0 amide bonds. The van der Waals surface area contributed by atoms with Gasteiger partial charge in [0, 0.05) is 37.1 Å². The van der Waals surface area contributed by atoms with E-state index < -0.39 is 0 Å². The standard InChI is InChI=1S/C18H22N4O2/c1-14-9-10-19-18(17(14)22(23)24)20-13-15-7-3-4-8-16(15)21-11-5-2-6-12-21/h3-4,7-10H,2,5-6,11-13H2,1H3,(H,19,20). The fraction of sp³-hybridized carbons (Fsp3) is 0.389. The van der Waals surface area contributed by atoms with Crippen LogP contribution in [0.2, 0.25) is 0 Å². The molecule has 1 saturated heterocycles. The summed E-state index contributed by atoms with van der Waals surface area (Å²) in [5, 5.41) is 14.4. The third-order valence-electron chi connectivity index (χ3n) is 4.44. The van der Waals surface area contributed by atoms with E-state index in [4.69, 9.17) is 0 Å². The number of pyridine rings is 1. The van der Waals surface area contributed by atoms with Crippen molar-refractivity contribution in [2.24, 2.45) is 0 Å². The molecule has 1 aromatic heterocycles. The van der Waals surface area contributed by atoms with Crippen LogP contribution in [0, 0.1) is 17.0 Å². The van der Waals surface area contributed by atoms with Crippen LogP contribution < -0.4 is 10.2 Å². The van der Waals surface area contributed by atoms with Gasteiger partial charge in [0.2, 0.25) is 5.82 Å². The van der Waals surface area contributed by atoms with Gasteiger partial charge >= 0.3 is 5.69 Å². The summed E-state index contributed by atoms with van der Waals surface area (Å²) in [4.78, 5) is 17.5. The fourth-order valence-corrected chi connectivity index (χ4v) is 3.19. The van der Waals surface area contributed by atoms with E-state index in [1.165, 1.54) is 24.9 Å². The largest absolute Gasteiger partial charge is 0.371 e. The van der Waals surface area contributed by atoms with E-state index in [0.29, 0.717) is 17.9 Å². The van der Waals surface area contributed by atoms with Gasteiger partial charge in [0.05, 0.1) is 4.92 Å². The molecular weight excluding hydrogens is 304 g/mol.